The van der Waals surface area contributed by atoms with Gasteiger partial charge in [-0.25, -0.2) is 0 Å². The Balaban J connectivity index is 0. The van der Waals surface area contributed by atoms with Crippen LogP contribution in [0.4, 0.5) is 0 Å². The van der Waals surface area contributed by atoms with Gasteiger partial charge in [0.2, 0.25) is 0 Å². The Morgan fingerprint density at radius 3 is 2.13 bits per heavy atom. The fourth-order valence-electron chi connectivity index (χ4n) is 0.878. The van der Waals surface area contributed by atoms with Crippen molar-refractivity contribution in [1.29, 1.82) is 0 Å². The van der Waals surface area contributed by atoms with Crippen LogP contribution < -0.4 is 0 Å². The second-order valence-electron chi connectivity index (χ2n) is 3.46. The Hall–Kier alpha value is -0.0600. The zero-order valence-electron chi connectivity index (χ0n) is 9.82. The molecule has 0 saturated carbocycles. The number of halogens is 1. The average Bonchev–Trinajstić information content (AvgIpc) is 2.13. The molecule has 0 spiro atoms. The Labute approximate surface area is 105 Å². The Morgan fingerprint density at radius 2 is 1.67 bits per heavy atom. The van der Waals surface area contributed by atoms with Gasteiger partial charge in [-0.05, 0) is 26.9 Å². The average molecular weight is 256 g/mol. The molecule has 0 fully saturated rings. The van der Waals surface area contributed by atoms with E-state index < -0.39 is 0 Å². The molecule has 3 nitrogen and oxygen atoms in total. The predicted octanol–water partition coefficient (Wildman–Crippen LogP) is 2.48. The summed E-state index contributed by atoms with van der Waals surface area (Å²) in [7, 11) is 4.08. The SMILES string of the molecule is CCCCOC(=S)OCCCN(C)C.Cl. The van der Waals surface area contributed by atoms with Crippen molar-refractivity contribution in [2.45, 2.75) is 26.2 Å². The van der Waals surface area contributed by atoms with Crippen molar-refractivity contribution in [3.63, 3.8) is 0 Å². The molecule has 0 heterocycles. The minimum absolute atomic E-state index is 0. The van der Waals surface area contributed by atoms with Crippen molar-refractivity contribution in [1.82, 2.24) is 4.90 Å². The van der Waals surface area contributed by atoms with Gasteiger partial charge >= 0.3 is 5.24 Å². The van der Waals surface area contributed by atoms with Crippen molar-refractivity contribution in [2.24, 2.45) is 0 Å². The van der Waals surface area contributed by atoms with Crippen LogP contribution in [0.2, 0.25) is 0 Å². The van der Waals surface area contributed by atoms with Crippen LogP contribution in [0.15, 0.2) is 0 Å². The van der Waals surface area contributed by atoms with Crippen LogP contribution in [0, 0.1) is 0 Å². The molecule has 0 radical (unpaired) electrons. The van der Waals surface area contributed by atoms with Crippen molar-refractivity contribution in [3.8, 4) is 0 Å². The first-order chi connectivity index (χ1) is 6.66. The summed E-state index contributed by atoms with van der Waals surface area (Å²) < 4.78 is 10.4. The van der Waals surface area contributed by atoms with Crippen LogP contribution in [-0.4, -0.2) is 44.0 Å². The second-order valence-corrected chi connectivity index (χ2v) is 3.79. The maximum absolute atomic E-state index is 5.22. The van der Waals surface area contributed by atoms with E-state index >= 15 is 0 Å². The molecule has 0 bridgehead atoms. The fraction of sp³-hybridized carbons (Fsp3) is 0.900. The molecule has 15 heavy (non-hydrogen) atoms. The first-order valence-corrected chi connectivity index (χ1v) is 5.52. The van der Waals surface area contributed by atoms with Gasteiger partial charge in [0.05, 0.1) is 13.2 Å². The topological polar surface area (TPSA) is 21.7 Å². The summed E-state index contributed by atoms with van der Waals surface area (Å²) >= 11 is 4.89. The normalized spacial score (nSPS) is 9.60. The highest BCUT2D eigenvalue weighted by Crippen LogP contribution is 1.93. The Bertz CT molecular complexity index is 156. The molecular weight excluding hydrogens is 234 g/mol. The number of rotatable bonds is 7. The number of thiocarbonyl (C=S) groups is 1. The van der Waals surface area contributed by atoms with E-state index in [0.29, 0.717) is 13.2 Å². The lowest BCUT2D eigenvalue weighted by Crippen LogP contribution is -2.16. The zero-order valence-corrected chi connectivity index (χ0v) is 11.5. The van der Waals surface area contributed by atoms with E-state index in [9.17, 15) is 0 Å². The van der Waals surface area contributed by atoms with Crippen LogP contribution in [0.25, 0.3) is 0 Å². The number of ether oxygens (including phenoxy) is 2. The third-order valence-electron chi connectivity index (χ3n) is 1.69. The first kappa shape index (κ1) is 17.3. The maximum atomic E-state index is 5.22. The molecule has 92 valence electrons. The molecule has 0 aromatic carbocycles. The summed E-state index contributed by atoms with van der Waals surface area (Å²) in [6.45, 7) is 4.44. The summed E-state index contributed by atoms with van der Waals surface area (Å²) in [5.41, 5.74) is 0. The van der Waals surface area contributed by atoms with E-state index in [1.165, 1.54) is 0 Å². The number of hydrogen-bond acceptors (Lipinski definition) is 4. The highest BCUT2D eigenvalue weighted by Gasteiger charge is 1.98. The van der Waals surface area contributed by atoms with Crippen molar-refractivity contribution >= 4 is 29.9 Å². The van der Waals surface area contributed by atoms with E-state index in [1.807, 2.05) is 14.1 Å². The summed E-state index contributed by atoms with van der Waals surface area (Å²) in [5, 5.41) is 0.289. The molecule has 0 aliphatic carbocycles. The molecule has 0 unspecified atom stereocenters. The molecule has 0 rings (SSSR count). The fourth-order valence-corrected chi connectivity index (χ4v) is 1.04. The van der Waals surface area contributed by atoms with E-state index in [-0.39, 0.29) is 17.6 Å². The molecule has 0 atom stereocenters. The molecule has 0 amide bonds. The third kappa shape index (κ3) is 13.9. The van der Waals surface area contributed by atoms with Gasteiger partial charge in [-0.15, -0.1) is 12.4 Å². The van der Waals surface area contributed by atoms with Crippen LogP contribution in [-0.2, 0) is 9.47 Å². The number of unbranched alkanes of at least 4 members (excludes halogenated alkanes) is 1. The Kier molecular flexibility index (Phi) is 13.9. The molecule has 0 aromatic rings. The summed E-state index contributed by atoms with van der Waals surface area (Å²) in [6.07, 6.45) is 3.12. The second kappa shape index (κ2) is 12.0. The van der Waals surface area contributed by atoms with Gasteiger partial charge in [0.1, 0.15) is 0 Å². The van der Waals surface area contributed by atoms with Gasteiger partial charge in [-0.3, -0.25) is 0 Å². The van der Waals surface area contributed by atoms with Gasteiger partial charge in [0.15, 0.2) is 0 Å². The van der Waals surface area contributed by atoms with Gasteiger partial charge in [0, 0.05) is 18.8 Å². The van der Waals surface area contributed by atoms with Gasteiger partial charge in [0.25, 0.3) is 0 Å². The summed E-state index contributed by atoms with van der Waals surface area (Å²) in [4.78, 5) is 2.12. The maximum Gasteiger partial charge on any atom is 0.352 e. The van der Waals surface area contributed by atoms with Crippen LogP contribution in [0.3, 0.4) is 0 Å². The van der Waals surface area contributed by atoms with E-state index in [1.54, 1.807) is 0 Å². The lowest BCUT2D eigenvalue weighted by atomic mass is 10.4. The monoisotopic (exact) mass is 255 g/mol. The molecular formula is C10H22ClNO2S. The molecule has 0 aliphatic heterocycles. The van der Waals surface area contributed by atoms with Crippen molar-refractivity contribution in [2.75, 3.05) is 33.9 Å². The lowest BCUT2D eigenvalue weighted by molar-refractivity contribution is 0.168. The standard InChI is InChI=1S/C10H21NO2S.ClH/c1-4-5-8-12-10(14)13-9-6-7-11(2)3;/h4-9H2,1-3H3;1H. The third-order valence-corrected chi connectivity index (χ3v) is 1.92. The largest absolute Gasteiger partial charge is 0.457 e. The van der Waals surface area contributed by atoms with Gasteiger partial charge < -0.3 is 14.4 Å². The van der Waals surface area contributed by atoms with Crippen molar-refractivity contribution in [3.05, 3.63) is 0 Å². The molecule has 0 aromatic heterocycles. The van der Waals surface area contributed by atoms with Crippen LogP contribution >= 0.6 is 24.6 Å². The van der Waals surface area contributed by atoms with Crippen LogP contribution in [0.5, 0.6) is 0 Å². The minimum Gasteiger partial charge on any atom is -0.457 e. The van der Waals surface area contributed by atoms with E-state index in [2.05, 4.69) is 11.8 Å². The number of hydrogen-bond donors (Lipinski definition) is 0. The quantitative estimate of drug-likeness (QED) is 0.515. The molecule has 0 N–H and O–H groups in total. The molecule has 0 aliphatic rings. The Morgan fingerprint density at radius 1 is 1.13 bits per heavy atom. The van der Waals surface area contributed by atoms with Crippen LogP contribution in [0.1, 0.15) is 26.2 Å². The van der Waals surface area contributed by atoms with Gasteiger partial charge in [-0.1, -0.05) is 13.3 Å². The molecule has 0 saturated heterocycles. The minimum atomic E-state index is 0. The smallest absolute Gasteiger partial charge is 0.352 e. The summed E-state index contributed by atoms with van der Waals surface area (Å²) in [5.74, 6) is 0. The first-order valence-electron chi connectivity index (χ1n) is 5.11. The number of nitrogens with zero attached hydrogens (tertiary/aromatic N) is 1. The summed E-state index contributed by atoms with van der Waals surface area (Å²) in [6, 6.07) is 0. The highest BCUT2D eigenvalue weighted by atomic mass is 35.5. The lowest BCUT2D eigenvalue weighted by Gasteiger charge is -2.11. The van der Waals surface area contributed by atoms with Crippen molar-refractivity contribution < 1.29 is 9.47 Å². The van der Waals surface area contributed by atoms with Gasteiger partial charge in [-0.2, -0.15) is 0 Å². The molecule has 5 heteroatoms. The predicted molar refractivity (Wildman–Crippen MR) is 69.8 cm³/mol. The zero-order chi connectivity index (χ0) is 10.8. The van der Waals surface area contributed by atoms with E-state index in [0.717, 1.165) is 25.8 Å². The highest BCUT2D eigenvalue weighted by molar-refractivity contribution is 7.79. The van der Waals surface area contributed by atoms with E-state index in [4.69, 9.17) is 21.7 Å².